The molecule has 1 aromatic heterocycles. The van der Waals surface area contributed by atoms with E-state index in [2.05, 4.69) is 0 Å². The summed E-state index contributed by atoms with van der Waals surface area (Å²) >= 11 is 0. The standard InChI is InChI=1S/C10H15NO4/c1-11(4-6-14-2)7-9-8(10(12)13)3-5-15-9/h3,5H,4,6-7H2,1-2H3,(H,12,13). The number of likely N-dealkylation sites (N-methyl/N-ethyl adjacent to an activating group) is 1. The normalized spacial score (nSPS) is 10.9. The summed E-state index contributed by atoms with van der Waals surface area (Å²) in [7, 11) is 3.51. The summed E-state index contributed by atoms with van der Waals surface area (Å²) in [5.74, 6) is -0.486. The lowest BCUT2D eigenvalue weighted by Gasteiger charge is -2.14. The van der Waals surface area contributed by atoms with Crippen LogP contribution < -0.4 is 0 Å². The van der Waals surface area contributed by atoms with Crippen LogP contribution in [-0.4, -0.2) is 43.3 Å². The van der Waals surface area contributed by atoms with Crippen LogP contribution in [-0.2, 0) is 11.3 Å². The number of carboxylic acid groups (broad SMARTS) is 1. The van der Waals surface area contributed by atoms with Gasteiger partial charge in [0, 0.05) is 13.7 Å². The fourth-order valence-electron chi connectivity index (χ4n) is 1.22. The van der Waals surface area contributed by atoms with Gasteiger partial charge in [-0.2, -0.15) is 0 Å². The van der Waals surface area contributed by atoms with Crippen molar-refractivity contribution in [2.45, 2.75) is 6.54 Å². The minimum atomic E-state index is -0.959. The Hall–Kier alpha value is -1.33. The Morgan fingerprint density at radius 3 is 3.00 bits per heavy atom. The highest BCUT2D eigenvalue weighted by Crippen LogP contribution is 2.12. The van der Waals surface area contributed by atoms with Crippen LogP contribution in [0.5, 0.6) is 0 Å². The molecule has 1 heterocycles. The average Bonchev–Trinajstić information content (AvgIpc) is 2.62. The first-order chi connectivity index (χ1) is 7.15. The third-order valence-corrected chi connectivity index (χ3v) is 2.07. The molecule has 1 N–H and O–H groups in total. The van der Waals surface area contributed by atoms with Crippen molar-refractivity contribution in [1.82, 2.24) is 4.90 Å². The van der Waals surface area contributed by atoms with Gasteiger partial charge in [0.25, 0.3) is 0 Å². The third-order valence-electron chi connectivity index (χ3n) is 2.07. The van der Waals surface area contributed by atoms with Gasteiger partial charge in [-0.3, -0.25) is 4.90 Å². The van der Waals surface area contributed by atoms with Crippen molar-refractivity contribution in [3.05, 3.63) is 23.7 Å². The lowest BCUT2D eigenvalue weighted by atomic mass is 10.2. The lowest BCUT2D eigenvalue weighted by Crippen LogP contribution is -2.22. The summed E-state index contributed by atoms with van der Waals surface area (Å²) in [6, 6.07) is 1.46. The third kappa shape index (κ3) is 3.38. The van der Waals surface area contributed by atoms with Crippen molar-refractivity contribution in [3.8, 4) is 0 Å². The number of carboxylic acids is 1. The van der Waals surface area contributed by atoms with E-state index in [1.165, 1.54) is 12.3 Å². The van der Waals surface area contributed by atoms with E-state index in [9.17, 15) is 4.79 Å². The highest BCUT2D eigenvalue weighted by molar-refractivity contribution is 5.88. The number of hydrogen-bond donors (Lipinski definition) is 1. The monoisotopic (exact) mass is 213 g/mol. The molecule has 0 aliphatic carbocycles. The molecule has 84 valence electrons. The van der Waals surface area contributed by atoms with Gasteiger partial charge in [-0.15, -0.1) is 0 Å². The van der Waals surface area contributed by atoms with Crippen LogP contribution in [0.15, 0.2) is 16.7 Å². The van der Waals surface area contributed by atoms with Crippen LogP contribution >= 0.6 is 0 Å². The summed E-state index contributed by atoms with van der Waals surface area (Å²) in [5.41, 5.74) is 0.222. The Balaban J connectivity index is 2.56. The molecule has 15 heavy (non-hydrogen) atoms. The quantitative estimate of drug-likeness (QED) is 0.765. The van der Waals surface area contributed by atoms with Gasteiger partial charge in [-0.25, -0.2) is 4.79 Å². The van der Waals surface area contributed by atoms with Crippen LogP contribution in [0, 0.1) is 0 Å². The molecule has 0 aromatic carbocycles. The second-order valence-electron chi connectivity index (χ2n) is 3.29. The highest BCUT2D eigenvalue weighted by Gasteiger charge is 2.14. The smallest absolute Gasteiger partial charge is 0.339 e. The number of furan rings is 1. The molecule has 0 spiro atoms. The first-order valence-corrected chi connectivity index (χ1v) is 4.62. The predicted molar refractivity (Wildman–Crippen MR) is 53.9 cm³/mol. The highest BCUT2D eigenvalue weighted by atomic mass is 16.5. The number of hydrogen-bond acceptors (Lipinski definition) is 4. The van der Waals surface area contributed by atoms with E-state index in [0.717, 1.165) is 6.54 Å². The lowest BCUT2D eigenvalue weighted by molar-refractivity contribution is 0.0692. The van der Waals surface area contributed by atoms with Crippen molar-refractivity contribution in [1.29, 1.82) is 0 Å². The van der Waals surface area contributed by atoms with Crippen LogP contribution in [0.1, 0.15) is 16.1 Å². The van der Waals surface area contributed by atoms with Crippen molar-refractivity contribution in [2.24, 2.45) is 0 Å². The van der Waals surface area contributed by atoms with E-state index in [-0.39, 0.29) is 5.56 Å². The number of ether oxygens (including phenoxy) is 1. The molecular weight excluding hydrogens is 198 g/mol. The SMILES string of the molecule is COCCN(C)Cc1occc1C(=O)O. The van der Waals surface area contributed by atoms with Crippen LogP contribution in [0.4, 0.5) is 0 Å². The Morgan fingerprint density at radius 1 is 1.67 bits per heavy atom. The minimum Gasteiger partial charge on any atom is -0.478 e. The van der Waals surface area contributed by atoms with Gasteiger partial charge < -0.3 is 14.3 Å². The van der Waals surface area contributed by atoms with Gasteiger partial charge in [0.1, 0.15) is 11.3 Å². The van der Waals surface area contributed by atoms with E-state index < -0.39 is 5.97 Å². The predicted octanol–water partition coefficient (Wildman–Crippen LogP) is 1.06. The Kier molecular flexibility index (Phi) is 4.33. The van der Waals surface area contributed by atoms with E-state index >= 15 is 0 Å². The van der Waals surface area contributed by atoms with Gasteiger partial charge in [0.05, 0.1) is 19.4 Å². The van der Waals surface area contributed by atoms with E-state index in [4.69, 9.17) is 14.3 Å². The van der Waals surface area contributed by atoms with Crippen molar-refractivity contribution in [3.63, 3.8) is 0 Å². The molecule has 5 nitrogen and oxygen atoms in total. The van der Waals surface area contributed by atoms with Gasteiger partial charge in [-0.05, 0) is 13.1 Å². The first-order valence-electron chi connectivity index (χ1n) is 4.62. The maximum atomic E-state index is 10.8. The molecule has 0 aliphatic heterocycles. The minimum absolute atomic E-state index is 0.222. The molecule has 0 saturated carbocycles. The summed E-state index contributed by atoms with van der Waals surface area (Å²) in [4.78, 5) is 12.7. The van der Waals surface area contributed by atoms with Crippen molar-refractivity contribution < 1.29 is 19.1 Å². The number of carbonyl (C=O) groups is 1. The number of rotatable bonds is 6. The van der Waals surface area contributed by atoms with Gasteiger partial charge in [0.15, 0.2) is 0 Å². The summed E-state index contributed by atoms with van der Waals surface area (Å²) in [5, 5.41) is 8.84. The summed E-state index contributed by atoms with van der Waals surface area (Å²) < 4.78 is 10.0. The molecule has 0 saturated heterocycles. The molecule has 0 radical (unpaired) electrons. The fraction of sp³-hybridized carbons (Fsp3) is 0.500. The average molecular weight is 213 g/mol. The Morgan fingerprint density at radius 2 is 2.40 bits per heavy atom. The van der Waals surface area contributed by atoms with E-state index in [1.54, 1.807) is 7.11 Å². The molecule has 1 rings (SSSR count). The molecule has 1 aromatic rings. The number of nitrogens with zero attached hydrogens (tertiary/aromatic N) is 1. The van der Waals surface area contributed by atoms with Crippen molar-refractivity contribution in [2.75, 3.05) is 27.3 Å². The first kappa shape index (κ1) is 11.7. The van der Waals surface area contributed by atoms with Crippen LogP contribution in [0.25, 0.3) is 0 Å². The molecule has 0 fully saturated rings. The van der Waals surface area contributed by atoms with Gasteiger partial charge >= 0.3 is 5.97 Å². The second kappa shape index (κ2) is 5.53. The molecule has 0 bridgehead atoms. The summed E-state index contributed by atoms with van der Waals surface area (Å²) in [6.07, 6.45) is 1.39. The maximum absolute atomic E-state index is 10.8. The molecular formula is C10H15NO4. The maximum Gasteiger partial charge on any atom is 0.339 e. The van der Waals surface area contributed by atoms with Gasteiger partial charge in [-0.1, -0.05) is 0 Å². The Bertz CT molecular complexity index is 321. The fourth-order valence-corrected chi connectivity index (χ4v) is 1.22. The molecule has 0 aliphatic rings. The molecule has 0 unspecified atom stereocenters. The number of methoxy groups -OCH3 is 1. The molecule has 5 heteroatoms. The summed E-state index contributed by atoms with van der Waals surface area (Å²) in [6.45, 7) is 1.81. The van der Waals surface area contributed by atoms with Crippen molar-refractivity contribution >= 4 is 5.97 Å². The second-order valence-corrected chi connectivity index (χ2v) is 3.29. The zero-order valence-corrected chi connectivity index (χ0v) is 8.90. The largest absolute Gasteiger partial charge is 0.478 e. The molecule has 0 atom stereocenters. The zero-order valence-electron chi connectivity index (χ0n) is 8.90. The van der Waals surface area contributed by atoms with E-state index in [1.807, 2.05) is 11.9 Å². The van der Waals surface area contributed by atoms with Gasteiger partial charge in [0.2, 0.25) is 0 Å². The zero-order chi connectivity index (χ0) is 11.3. The Labute approximate surface area is 88.2 Å². The number of aromatic carboxylic acids is 1. The van der Waals surface area contributed by atoms with E-state index in [0.29, 0.717) is 18.9 Å². The topological polar surface area (TPSA) is 62.9 Å². The van der Waals surface area contributed by atoms with Crippen LogP contribution in [0.3, 0.4) is 0 Å². The molecule has 0 amide bonds. The van der Waals surface area contributed by atoms with Crippen LogP contribution in [0.2, 0.25) is 0 Å².